The molecule has 0 aliphatic carbocycles. The molecule has 16 heavy (non-hydrogen) atoms. The first kappa shape index (κ1) is 11.7. The van der Waals surface area contributed by atoms with Crippen molar-refractivity contribution in [3.8, 4) is 0 Å². The fourth-order valence-electron chi connectivity index (χ4n) is 1.42. The van der Waals surface area contributed by atoms with Gasteiger partial charge in [0.05, 0.1) is 23.5 Å². The Morgan fingerprint density at radius 3 is 3.19 bits per heavy atom. The molecule has 0 bridgehead atoms. The van der Waals surface area contributed by atoms with E-state index in [0.29, 0.717) is 0 Å². The summed E-state index contributed by atoms with van der Waals surface area (Å²) in [6.07, 6.45) is 0.970. The van der Waals surface area contributed by atoms with E-state index in [4.69, 9.17) is 0 Å². The second kappa shape index (κ2) is 5.50. The van der Waals surface area contributed by atoms with E-state index in [0.717, 1.165) is 24.5 Å². The molecular formula is C11H14N2OS2. The van der Waals surface area contributed by atoms with Crippen LogP contribution in [0.1, 0.15) is 13.3 Å². The first-order chi connectivity index (χ1) is 7.81. The van der Waals surface area contributed by atoms with Crippen molar-refractivity contribution in [3.63, 3.8) is 0 Å². The molecule has 0 radical (unpaired) electrons. The Morgan fingerprint density at radius 2 is 2.38 bits per heavy atom. The molecule has 1 aliphatic rings. The predicted molar refractivity (Wildman–Crippen MR) is 70.9 cm³/mol. The van der Waals surface area contributed by atoms with Crippen molar-refractivity contribution in [1.29, 1.82) is 0 Å². The zero-order chi connectivity index (χ0) is 11.4. The molecule has 0 atom stereocenters. The second-order valence-electron chi connectivity index (χ2n) is 3.43. The maximum absolute atomic E-state index is 11.6. The quantitative estimate of drug-likeness (QED) is 0.839. The van der Waals surface area contributed by atoms with Crippen molar-refractivity contribution in [2.24, 2.45) is 0 Å². The van der Waals surface area contributed by atoms with Crippen molar-refractivity contribution >= 4 is 34.6 Å². The highest BCUT2D eigenvalue weighted by Gasteiger charge is 2.21. The summed E-state index contributed by atoms with van der Waals surface area (Å²) in [4.78, 5) is 12.8. The number of nitrogens with zero attached hydrogens (tertiary/aromatic N) is 1. The van der Waals surface area contributed by atoms with Crippen LogP contribution >= 0.6 is 23.7 Å². The molecule has 0 spiro atoms. The van der Waals surface area contributed by atoms with Gasteiger partial charge in [-0.2, -0.15) is 0 Å². The number of amides is 1. The topological polar surface area (TPSA) is 32.3 Å². The van der Waals surface area contributed by atoms with Crippen molar-refractivity contribution in [2.75, 3.05) is 16.7 Å². The van der Waals surface area contributed by atoms with Gasteiger partial charge < -0.3 is 5.32 Å². The molecular weight excluding hydrogens is 240 g/mol. The summed E-state index contributed by atoms with van der Waals surface area (Å²) in [7, 11) is 0. The zero-order valence-corrected chi connectivity index (χ0v) is 10.7. The Labute approximate surface area is 104 Å². The number of benzene rings is 1. The number of thioether (sulfide) groups is 1. The Kier molecular flexibility index (Phi) is 4.01. The minimum absolute atomic E-state index is 0.0270. The zero-order valence-electron chi connectivity index (χ0n) is 9.10. The van der Waals surface area contributed by atoms with Gasteiger partial charge in [-0.25, -0.2) is 0 Å². The van der Waals surface area contributed by atoms with Gasteiger partial charge >= 0.3 is 0 Å². The van der Waals surface area contributed by atoms with E-state index in [1.54, 1.807) is 11.8 Å². The minimum Gasteiger partial charge on any atom is -0.346 e. The number of carbonyl (C=O) groups excluding carboxylic acids is 1. The van der Waals surface area contributed by atoms with E-state index < -0.39 is 0 Å². The van der Waals surface area contributed by atoms with Gasteiger partial charge in [0, 0.05) is 11.4 Å². The van der Waals surface area contributed by atoms with Gasteiger partial charge in [-0.05, 0) is 18.6 Å². The number of anilines is 1. The fraction of sp³-hybridized carbons (Fsp3) is 0.364. The van der Waals surface area contributed by atoms with E-state index in [2.05, 4.69) is 17.4 Å². The number of rotatable bonds is 3. The molecule has 3 nitrogen and oxygen atoms in total. The van der Waals surface area contributed by atoms with E-state index >= 15 is 0 Å². The highest BCUT2D eigenvalue weighted by atomic mass is 32.2. The van der Waals surface area contributed by atoms with E-state index in [1.165, 1.54) is 16.8 Å². The van der Waals surface area contributed by atoms with Crippen LogP contribution in [0, 0.1) is 0 Å². The van der Waals surface area contributed by atoms with Gasteiger partial charge in [-0.1, -0.05) is 19.1 Å². The lowest BCUT2D eigenvalue weighted by Crippen LogP contribution is -2.24. The van der Waals surface area contributed by atoms with Crippen LogP contribution in [0.15, 0.2) is 29.2 Å². The molecule has 1 aromatic rings. The Hall–Kier alpha value is -0.810. The molecule has 86 valence electrons. The molecule has 2 rings (SSSR count). The van der Waals surface area contributed by atoms with Gasteiger partial charge in [0.25, 0.3) is 5.24 Å². The lowest BCUT2D eigenvalue weighted by atomic mass is 10.3. The van der Waals surface area contributed by atoms with Crippen molar-refractivity contribution in [2.45, 2.75) is 18.2 Å². The maximum Gasteiger partial charge on any atom is 0.299 e. The average Bonchev–Trinajstić information content (AvgIpc) is 2.70. The summed E-state index contributed by atoms with van der Waals surface area (Å²) in [5.74, 6) is 0.837. The number of para-hydroxylation sites is 1. The van der Waals surface area contributed by atoms with Gasteiger partial charge in [0.2, 0.25) is 0 Å². The molecule has 1 amide bonds. The maximum atomic E-state index is 11.6. The van der Waals surface area contributed by atoms with Crippen molar-refractivity contribution in [1.82, 2.24) is 5.32 Å². The monoisotopic (exact) mass is 254 g/mol. The molecule has 1 aliphatic heterocycles. The summed E-state index contributed by atoms with van der Waals surface area (Å²) < 4.78 is 2.03. The third-order valence-electron chi connectivity index (χ3n) is 2.18. The number of fused-ring (bicyclic) bond motifs is 1. The number of carbonyl (C=O) groups is 1. The molecule has 0 saturated heterocycles. The average molecular weight is 254 g/mol. The van der Waals surface area contributed by atoms with Gasteiger partial charge in [0.1, 0.15) is 0 Å². The molecule has 0 saturated carbocycles. The first-order valence-electron chi connectivity index (χ1n) is 5.26. The smallest absolute Gasteiger partial charge is 0.299 e. The van der Waals surface area contributed by atoms with Crippen LogP contribution < -0.4 is 9.62 Å². The standard InChI is InChI=1S/C11H14N2OS2/c1-2-7-12-11(14)16-13-8-15-10-6-4-3-5-9(10)13/h3-6H,2,7-8H2,1H3,(H,12,14). The van der Waals surface area contributed by atoms with E-state index in [-0.39, 0.29) is 5.24 Å². The predicted octanol–water partition coefficient (Wildman–Crippen LogP) is 3.32. The van der Waals surface area contributed by atoms with Crippen LogP contribution in [-0.2, 0) is 0 Å². The lowest BCUT2D eigenvalue weighted by Gasteiger charge is -2.15. The molecule has 0 fully saturated rings. The molecule has 0 aromatic heterocycles. The number of nitrogens with one attached hydrogen (secondary N) is 1. The highest BCUT2D eigenvalue weighted by Crippen LogP contribution is 2.41. The summed E-state index contributed by atoms with van der Waals surface area (Å²) in [6.45, 7) is 2.79. The van der Waals surface area contributed by atoms with Crippen LogP contribution in [0.4, 0.5) is 10.5 Å². The van der Waals surface area contributed by atoms with E-state index in [9.17, 15) is 4.79 Å². The van der Waals surface area contributed by atoms with Gasteiger partial charge in [0.15, 0.2) is 0 Å². The molecule has 5 heteroatoms. The SMILES string of the molecule is CCCNC(=O)SN1CSc2ccccc21. The fourth-order valence-corrected chi connectivity index (χ4v) is 3.37. The normalized spacial score (nSPS) is 13.7. The van der Waals surface area contributed by atoms with Gasteiger partial charge in [-0.3, -0.25) is 9.10 Å². The summed E-state index contributed by atoms with van der Waals surface area (Å²) in [6, 6.07) is 8.17. The summed E-state index contributed by atoms with van der Waals surface area (Å²) >= 11 is 3.02. The van der Waals surface area contributed by atoms with Crippen LogP contribution in [-0.4, -0.2) is 17.7 Å². The minimum atomic E-state index is 0.0270. The Balaban J connectivity index is 1.95. The van der Waals surface area contributed by atoms with Crippen LogP contribution in [0.3, 0.4) is 0 Å². The lowest BCUT2D eigenvalue weighted by molar-refractivity contribution is 0.260. The van der Waals surface area contributed by atoms with E-state index in [1.807, 2.05) is 23.4 Å². The van der Waals surface area contributed by atoms with Crippen LogP contribution in [0.2, 0.25) is 0 Å². The molecule has 1 aromatic carbocycles. The third kappa shape index (κ3) is 2.65. The first-order valence-corrected chi connectivity index (χ1v) is 7.02. The molecule has 1 heterocycles. The second-order valence-corrected chi connectivity index (χ2v) is 5.41. The van der Waals surface area contributed by atoms with Crippen molar-refractivity contribution in [3.05, 3.63) is 24.3 Å². The van der Waals surface area contributed by atoms with Gasteiger partial charge in [-0.15, -0.1) is 11.8 Å². The summed E-state index contributed by atoms with van der Waals surface area (Å²) in [5.41, 5.74) is 1.14. The third-order valence-corrected chi connectivity index (χ3v) is 4.25. The van der Waals surface area contributed by atoms with Crippen LogP contribution in [0.5, 0.6) is 0 Å². The Morgan fingerprint density at radius 1 is 1.56 bits per heavy atom. The van der Waals surface area contributed by atoms with Crippen LogP contribution in [0.25, 0.3) is 0 Å². The number of hydrogen-bond donors (Lipinski definition) is 1. The highest BCUT2D eigenvalue weighted by molar-refractivity contribution is 8.15. The summed E-state index contributed by atoms with van der Waals surface area (Å²) in [5, 5.41) is 2.89. The molecule has 1 N–H and O–H groups in total. The Bertz CT molecular complexity index is 384. The number of hydrogen-bond acceptors (Lipinski definition) is 4. The molecule has 0 unspecified atom stereocenters. The van der Waals surface area contributed by atoms with Crippen molar-refractivity contribution < 1.29 is 4.79 Å². The largest absolute Gasteiger partial charge is 0.346 e.